The standard InChI is InChI=1S/C46H47FN10O6/c1-29-3-2-4-30(25-29)37-13-16-56(51-37)41-28-40(55-21-23-62-24-22-55)48-46(49-41)63-33-11-14-52(15-12-33)31-5-7-32(8-6-31)53-17-19-54(20-18-53)39-27-35-34(26-36(39)47)44(60)57(45(35)61)38-9-10-42(58)50-43(38)59/h2-8,13,16,25-28,33,38H,9-12,14-15,17-24H2,1H3,(H,50,58,59). The maximum Gasteiger partial charge on any atom is 0.320 e. The first kappa shape index (κ1) is 40.2. The van der Waals surface area contributed by atoms with Crippen LogP contribution in [0, 0.1) is 12.7 Å². The number of hydrogen-bond donors (Lipinski definition) is 1. The van der Waals surface area contributed by atoms with E-state index in [1.165, 1.54) is 11.6 Å². The maximum atomic E-state index is 15.5. The zero-order valence-corrected chi connectivity index (χ0v) is 34.9. The number of piperidine rings is 2. The van der Waals surface area contributed by atoms with E-state index in [2.05, 4.69) is 69.4 Å². The van der Waals surface area contributed by atoms with E-state index >= 15 is 4.39 Å². The van der Waals surface area contributed by atoms with Gasteiger partial charge in [-0.1, -0.05) is 23.8 Å². The molecule has 17 heteroatoms. The lowest BCUT2D eigenvalue weighted by Crippen LogP contribution is -2.54. The van der Waals surface area contributed by atoms with Crippen molar-refractivity contribution in [1.29, 1.82) is 0 Å². The summed E-state index contributed by atoms with van der Waals surface area (Å²) in [4.78, 5) is 69.9. The van der Waals surface area contributed by atoms with Crippen LogP contribution >= 0.6 is 0 Å². The third-order valence-electron chi connectivity index (χ3n) is 12.6. The van der Waals surface area contributed by atoms with E-state index in [4.69, 9.17) is 24.5 Å². The van der Waals surface area contributed by atoms with Crippen LogP contribution in [-0.2, 0) is 14.3 Å². The molecule has 0 spiro atoms. The summed E-state index contributed by atoms with van der Waals surface area (Å²) >= 11 is 0. The van der Waals surface area contributed by atoms with Crippen molar-refractivity contribution >= 4 is 46.5 Å². The molecule has 2 aromatic heterocycles. The summed E-state index contributed by atoms with van der Waals surface area (Å²) in [5.74, 6) is -1.71. The van der Waals surface area contributed by atoms with Crippen LogP contribution in [0.4, 0.5) is 27.3 Å². The number of carbonyl (C=O) groups is 4. The second kappa shape index (κ2) is 16.8. The van der Waals surface area contributed by atoms with Crippen LogP contribution in [0.1, 0.15) is 52.0 Å². The van der Waals surface area contributed by atoms with Crippen molar-refractivity contribution in [1.82, 2.24) is 30.0 Å². The number of aromatic nitrogens is 4. The molecule has 5 aromatic rings. The molecular formula is C46H47FN10O6. The zero-order valence-electron chi connectivity index (χ0n) is 34.9. The molecule has 0 radical (unpaired) electrons. The Morgan fingerprint density at radius 1 is 0.714 bits per heavy atom. The Morgan fingerprint density at radius 3 is 2.08 bits per heavy atom. The van der Waals surface area contributed by atoms with E-state index < -0.39 is 35.5 Å². The van der Waals surface area contributed by atoms with E-state index in [0.717, 1.165) is 78.4 Å². The number of hydrogen-bond acceptors (Lipinski definition) is 13. The van der Waals surface area contributed by atoms with Crippen LogP contribution in [-0.4, -0.2) is 126 Å². The molecule has 4 saturated heterocycles. The minimum atomic E-state index is -1.11. The number of anilines is 4. The number of nitrogens with one attached hydrogen (secondary N) is 1. The smallest absolute Gasteiger partial charge is 0.320 e. The maximum absolute atomic E-state index is 15.5. The van der Waals surface area contributed by atoms with Gasteiger partial charge < -0.3 is 29.1 Å². The van der Waals surface area contributed by atoms with Gasteiger partial charge in [0.1, 0.15) is 23.8 Å². The number of rotatable bonds is 9. The molecule has 5 aliphatic heterocycles. The molecule has 63 heavy (non-hydrogen) atoms. The Labute approximate surface area is 363 Å². The molecule has 10 rings (SSSR count). The van der Waals surface area contributed by atoms with Crippen molar-refractivity contribution in [3.63, 3.8) is 0 Å². The average Bonchev–Trinajstić information content (AvgIpc) is 3.89. The number of halogens is 1. The minimum Gasteiger partial charge on any atom is -0.460 e. The van der Waals surface area contributed by atoms with Gasteiger partial charge in [0.05, 0.1) is 35.7 Å². The highest BCUT2D eigenvalue weighted by Gasteiger charge is 2.45. The molecule has 324 valence electrons. The molecule has 3 aromatic carbocycles. The van der Waals surface area contributed by atoms with Gasteiger partial charge >= 0.3 is 6.01 Å². The van der Waals surface area contributed by atoms with E-state index in [1.807, 2.05) is 29.3 Å². The van der Waals surface area contributed by atoms with Gasteiger partial charge in [-0.15, -0.1) is 0 Å². The summed E-state index contributed by atoms with van der Waals surface area (Å²) in [5.41, 5.74) is 5.49. The lowest BCUT2D eigenvalue weighted by Gasteiger charge is -2.38. The Kier molecular flexibility index (Phi) is 10.7. The van der Waals surface area contributed by atoms with E-state index in [-0.39, 0.29) is 35.8 Å². The summed E-state index contributed by atoms with van der Waals surface area (Å²) in [6, 6.07) is 22.5. The number of aryl methyl sites for hydroxylation is 1. The second-order valence-corrected chi connectivity index (χ2v) is 16.6. The summed E-state index contributed by atoms with van der Waals surface area (Å²) in [6.07, 6.45) is 3.53. The van der Waals surface area contributed by atoms with Crippen molar-refractivity contribution in [2.24, 2.45) is 0 Å². The van der Waals surface area contributed by atoms with Crippen LogP contribution in [0.25, 0.3) is 17.1 Å². The van der Waals surface area contributed by atoms with Gasteiger partial charge in [0, 0.05) is 101 Å². The fraction of sp³-hybridized carbons (Fsp3) is 0.370. The van der Waals surface area contributed by atoms with Crippen molar-refractivity contribution in [3.05, 3.63) is 102 Å². The lowest BCUT2D eigenvalue weighted by molar-refractivity contribution is -0.136. The van der Waals surface area contributed by atoms with Crippen LogP contribution < -0.4 is 29.7 Å². The number of carbonyl (C=O) groups excluding carboxylic acids is 4. The number of amides is 4. The number of nitrogens with zero attached hydrogens (tertiary/aromatic N) is 9. The highest BCUT2D eigenvalue weighted by Crippen LogP contribution is 2.34. The van der Waals surface area contributed by atoms with Gasteiger partial charge in [0.25, 0.3) is 11.8 Å². The van der Waals surface area contributed by atoms with Crippen LogP contribution in [0.3, 0.4) is 0 Å². The molecule has 16 nitrogen and oxygen atoms in total. The van der Waals surface area contributed by atoms with E-state index in [9.17, 15) is 19.2 Å². The third kappa shape index (κ3) is 8.04. The predicted octanol–water partition coefficient (Wildman–Crippen LogP) is 4.39. The third-order valence-corrected chi connectivity index (χ3v) is 12.6. The Hall–Kier alpha value is -6.88. The van der Waals surface area contributed by atoms with Gasteiger partial charge in [0.15, 0.2) is 5.82 Å². The fourth-order valence-electron chi connectivity index (χ4n) is 9.12. The quantitative estimate of drug-likeness (QED) is 0.209. The summed E-state index contributed by atoms with van der Waals surface area (Å²) in [6.45, 7) is 8.67. The van der Waals surface area contributed by atoms with Crippen molar-refractivity contribution in [2.45, 2.75) is 44.8 Å². The monoisotopic (exact) mass is 854 g/mol. The molecule has 0 bridgehead atoms. The second-order valence-electron chi connectivity index (χ2n) is 16.6. The topological polar surface area (TPSA) is 159 Å². The molecule has 1 unspecified atom stereocenters. The van der Waals surface area contributed by atoms with Crippen molar-refractivity contribution in [3.8, 4) is 23.1 Å². The number of fused-ring (bicyclic) bond motifs is 1. The SMILES string of the molecule is Cc1cccc(-c2ccn(-c3cc(N4CCOCC4)nc(OC4CCN(c5ccc(N6CCN(c7cc8c(cc7F)C(=O)N(C7CCC(=O)NC7=O)C8=O)CC6)cc5)CC4)n3)n2)c1. The van der Waals surface area contributed by atoms with Crippen LogP contribution in [0.15, 0.2) is 79.0 Å². The molecule has 1 atom stereocenters. The fourth-order valence-corrected chi connectivity index (χ4v) is 9.12. The molecule has 0 saturated carbocycles. The van der Waals surface area contributed by atoms with Gasteiger partial charge in [0.2, 0.25) is 11.8 Å². The van der Waals surface area contributed by atoms with Crippen LogP contribution in [0.5, 0.6) is 6.01 Å². The summed E-state index contributed by atoms with van der Waals surface area (Å²) in [5, 5.41) is 7.05. The molecule has 7 heterocycles. The van der Waals surface area contributed by atoms with Crippen molar-refractivity contribution in [2.75, 3.05) is 85.2 Å². The predicted molar refractivity (Wildman–Crippen MR) is 232 cm³/mol. The van der Waals surface area contributed by atoms with Gasteiger partial charge in [-0.05, 0) is 61.9 Å². The largest absolute Gasteiger partial charge is 0.460 e. The number of benzene rings is 3. The molecular weight excluding hydrogens is 808 g/mol. The number of ether oxygens (including phenoxy) is 2. The zero-order chi connectivity index (χ0) is 43.2. The number of morpholine rings is 1. The normalized spacial score (nSPS) is 19.8. The van der Waals surface area contributed by atoms with E-state index in [1.54, 1.807) is 4.68 Å². The number of imide groups is 2. The number of piperazine rings is 1. The molecule has 5 aliphatic rings. The van der Waals surface area contributed by atoms with Crippen molar-refractivity contribution < 1.29 is 33.0 Å². The van der Waals surface area contributed by atoms with Gasteiger partial charge in [-0.25, -0.2) is 9.07 Å². The molecule has 0 aliphatic carbocycles. The highest BCUT2D eigenvalue weighted by atomic mass is 19.1. The lowest BCUT2D eigenvalue weighted by atomic mass is 10.0. The highest BCUT2D eigenvalue weighted by molar-refractivity contribution is 6.23. The Balaban J connectivity index is 0.754. The first-order valence-electron chi connectivity index (χ1n) is 21.6. The Bertz CT molecular complexity index is 2580. The molecule has 1 N–H and O–H groups in total. The van der Waals surface area contributed by atoms with Gasteiger partial charge in [-0.2, -0.15) is 15.1 Å². The first-order chi connectivity index (χ1) is 30.6. The summed E-state index contributed by atoms with van der Waals surface area (Å²) in [7, 11) is 0. The molecule has 4 fully saturated rings. The van der Waals surface area contributed by atoms with E-state index in [0.29, 0.717) is 51.2 Å². The minimum absolute atomic E-state index is 0.0137. The Morgan fingerprint density at radius 2 is 1.38 bits per heavy atom. The average molecular weight is 855 g/mol. The van der Waals surface area contributed by atoms with Crippen LogP contribution in [0.2, 0.25) is 0 Å². The summed E-state index contributed by atoms with van der Waals surface area (Å²) < 4.78 is 29.4. The molecule has 4 amide bonds. The van der Waals surface area contributed by atoms with Gasteiger partial charge in [-0.3, -0.25) is 29.4 Å². The first-order valence-corrected chi connectivity index (χ1v) is 21.6.